The number of rotatable bonds is 3. The Morgan fingerprint density at radius 3 is 2.60 bits per heavy atom. The number of ether oxygens (including phenoxy) is 1. The molecule has 0 N–H and O–H groups in total. The van der Waals surface area contributed by atoms with Gasteiger partial charge in [0.1, 0.15) is 5.75 Å². The van der Waals surface area contributed by atoms with E-state index in [-0.39, 0.29) is 0 Å². The molecular formula is C26H29N3O. The van der Waals surface area contributed by atoms with Crippen LogP contribution in [0.2, 0.25) is 0 Å². The highest BCUT2D eigenvalue weighted by Crippen LogP contribution is 2.58. The number of aromatic nitrogens is 2. The van der Waals surface area contributed by atoms with Gasteiger partial charge in [0.2, 0.25) is 0 Å². The van der Waals surface area contributed by atoms with E-state index >= 15 is 0 Å². The van der Waals surface area contributed by atoms with Crippen molar-refractivity contribution in [2.75, 3.05) is 19.7 Å². The zero-order valence-corrected chi connectivity index (χ0v) is 17.8. The van der Waals surface area contributed by atoms with Crippen molar-refractivity contribution in [3.05, 3.63) is 77.1 Å². The van der Waals surface area contributed by atoms with Crippen molar-refractivity contribution in [3.63, 3.8) is 0 Å². The monoisotopic (exact) mass is 399 g/mol. The first-order valence-corrected chi connectivity index (χ1v) is 11.2. The standard InChI is InChI=1S/C26H29N3O/c1-18-7-3-5-9-22(18)29-24(13-19(2)27-29)20-14-26(15-20)16-28(17-26)23-11-12-30-25-10-6-4-8-21(23)25/h3-10,13,20,23H,11-12,14-17H2,1-2H3/t23-/m1/s1. The number of likely N-dealkylation sites (tertiary alicyclic amines) is 1. The van der Waals surface area contributed by atoms with Gasteiger partial charge in [-0.05, 0) is 55.9 Å². The molecule has 3 aromatic rings. The van der Waals surface area contributed by atoms with Crippen LogP contribution in [0.3, 0.4) is 0 Å². The van der Waals surface area contributed by atoms with Crippen LogP contribution in [0.15, 0.2) is 54.6 Å². The molecular weight excluding hydrogens is 370 g/mol. The maximum atomic E-state index is 5.87. The molecule has 4 heteroatoms. The largest absolute Gasteiger partial charge is 0.493 e. The average molecular weight is 400 g/mol. The SMILES string of the molecule is Cc1cc(C2CC3(C2)CN([C@@H]2CCOc4ccccc42)C3)n(-c2ccccc2C)n1. The van der Waals surface area contributed by atoms with Crippen molar-refractivity contribution in [1.82, 2.24) is 14.7 Å². The van der Waals surface area contributed by atoms with E-state index < -0.39 is 0 Å². The summed E-state index contributed by atoms with van der Waals surface area (Å²) in [6.07, 6.45) is 3.67. The molecule has 0 amide bonds. The van der Waals surface area contributed by atoms with Crippen LogP contribution in [0.5, 0.6) is 5.75 Å². The summed E-state index contributed by atoms with van der Waals surface area (Å²) in [6.45, 7) is 7.57. The molecule has 2 aliphatic heterocycles. The Balaban J connectivity index is 1.17. The van der Waals surface area contributed by atoms with Gasteiger partial charge in [0.25, 0.3) is 0 Å². The molecule has 0 radical (unpaired) electrons. The van der Waals surface area contributed by atoms with Crippen LogP contribution >= 0.6 is 0 Å². The number of fused-ring (bicyclic) bond motifs is 1. The topological polar surface area (TPSA) is 30.3 Å². The van der Waals surface area contributed by atoms with Crippen molar-refractivity contribution in [2.45, 2.75) is 45.1 Å². The van der Waals surface area contributed by atoms with Gasteiger partial charge in [-0.25, -0.2) is 4.68 Å². The minimum absolute atomic E-state index is 0.507. The van der Waals surface area contributed by atoms with Crippen LogP contribution in [0, 0.1) is 19.3 Å². The second kappa shape index (κ2) is 6.71. The summed E-state index contributed by atoms with van der Waals surface area (Å²) in [6, 6.07) is 20.0. The third-order valence-electron chi connectivity index (χ3n) is 7.42. The lowest BCUT2D eigenvalue weighted by molar-refractivity contribution is -0.102. The van der Waals surface area contributed by atoms with E-state index in [0.29, 0.717) is 17.4 Å². The fraction of sp³-hybridized carbons (Fsp3) is 0.423. The highest BCUT2D eigenvalue weighted by atomic mass is 16.5. The zero-order chi connectivity index (χ0) is 20.3. The Bertz CT molecular complexity index is 1090. The summed E-state index contributed by atoms with van der Waals surface area (Å²) in [5, 5.41) is 4.84. The predicted octanol–water partition coefficient (Wildman–Crippen LogP) is 5.19. The molecule has 1 aliphatic carbocycles. The maximum absolute atomic E-state index is 5.87. The minimum Gasteiger partial charge on any atom is -0.493 e. The van der Waals surface area contributed by atoms with Gasteiger partial charge < -0.3 is 4.74 Å². The van der Waals surface area contributed by atoms with Gasteiger partial charge in [-0.1, -0.05) is 36.4 Å². The third-order valence-corrected chi connectivity index (χ3v) is 7.42. The number of nitrogens with zero attached hydrogens (tertiary/aromatic N) is 3. The lowest BCUT2D eigenvalue weighted by Crippen LogP contribution is -2.62. The fourth-order valence-corrected chi connectivity index (χ4v) is 6.00. The quantitative estimate of drug-likeness (QED) is 0.607. The van der Waals surface area contributed by atoms with E-state index in [1.54, 1.807) is 0 Å². The van der Waals surface area contributed by atoms with Crippen LogP contribution in [-0.4, -0.2) is 34.4 Å². The number of para-hydroxylation sites is 2. The molecule has 1 atom stereocenters. The summed E-state index contributed by atoms with van der Waals surface area (Å²) in [5.74, 6) is 1.70. The van der Waals surface area contributed by atoms with Gasteiger partial charge in [0, 0.05) is 42.7 Å². The third kappa shape index (κ3) is 2.81. The van der Waals surface area contributed by atoms with Gasteiger partial charge in [0.05, 0.1) is 18.0 Å². The number of hydrogen-bond donors (Lipinski definition) is 0. The van der Waals surface area contributed by atoms with Crippen LogP contribution < -0.4 is 4.74 Å². The molecule has 6 rings (SSSR count). The van der Waals surface area contributed by atoms with E-state index in [4.69, 9.17) is 9.84 Å². The first kappa shape index (κ1) is 18.2. The first-order chi connectivity index (χ1) is 14.6. The van der Waals surface area contributed by atoms with Gasteiger partial charge in [-0.15, -0.1) is 0 Å². The summed E-state index contributed by atoms with van der Waals surface area (Å²) >= 11 is 0. The molecule has 2 fully saturated rings. The number of aryl methyl sites for hydroxylation is 2. The maximum Gasteiger partial charge on any atom is 0.124 e. The van der Waals surface area contributed by atoms with E-state index in [9.17, 15) is 0 Å². The molecule has 154 valence electrons. The smallest absolute Gasteiger partial charge is 0.124 e. The van der Waals surface area contributed by atoms with Crippen LogP contribution in [0.4, 0.5) is 0 Å². The first-order valence-electron chi connectivity index (χ1n) is 11.2. The van der Waals surface area contributed by atoms with Crippen molar-refractivity contribution in [2.24, 2.45) is 5.41 Å². The van der Waals surface area contributed by atoms with Crippen LogP contribution in [0.1, 0.15) is 53.7 Å². The molecule has 2 aromatic carbocycles. The molecule has 1 saturated carbocycles. The second-order valence-electron chi connectivity index (χ2n) is 9.61. The molecule has 30 heavy (non-hydrogen) atoms. The van der Waals surface area contributed by atoms with Gasteiger partial charge in [-0.3, -0.25) is 4.90 Å². The Kier molecular flexibility index (Phi) is 4.07. The lowest BCUT2D eigenvalue weighted by Gasteiger charge is -2.61. The minimum atomic E-state index is 0.507. The highest BCUT2D eigenvalue weighted by molar-refractivity contribution is 5.42. The molecule has 0 bridgehead atoms. The summed E-state index contributed by atoms with van der Waals surface area (Å²) in [5.41, 5.74) is 6.89. The summed E-state index contributed by atoms with van der Waals surface area (Å²) in [7, 11) is 0. The van der Waals surface area contributed by atoms with E-state index in [0.717, 1.165) is 24.5 Å². The average Bonchev–Trinajstić information content (AvgIpc) is 3.07. The second-order valence-corrected chi connectivity index (χ2v) is 9.61. The highest BCUT2D eigenvalue weighted by Gasteiger charge is 2.55. The molecule has 3 heterocycles. The fourth-order valence-electron chi connectivity index (χ4n) is 6.00. The van der Waals surface area contributed by atoms with Crippen molar-refractivity contribution < 1.29 is 4.74 Å². The normalized spacial score (nSPS) is 22.8. The van der Waals surface area contributed by atoms with Crippen molar-refractivity contribution >= 4 is 0 Å². The Hall–Kier alpha value is -2.59. The molecule has 1 spiro atoms. The van der Waals surface area contributed by atoms with Crippen molar-refractivity contribution in [1.29, 1.82) is 0 Å². The lowest BCUT2D eigenvalue weighted by atomic mass is 9.56. The summed E-state index contributed by atoms with van der Waals surface area (Å²) in [4.78, 5) is 2.68. The summed E-state index contributed by atoms with van der Waals surface area (Å²) < 4.78 is 8.07. The number of benzene rings is 2. The molecule has 1 aromatic heterocycles. The van der Waals surface area contributed by atoms with Crippen LogP contribution in [0.25, 0.3) is 5.69 Å². The van der Waals surface area contributed by atoms with Gasteiger partial charge in [-0.2, -0.15) is 5.10 Å². The molecule has 4 nitrogen and oxygen atoms in total. The Labute approximate surface area is 178 Å². The Morgan fingerprint density at radius 1 is 1.00 bits per heavy atom. The number of hydrogen-bond acceptors (Lipinski definition) is 3. The van der Waals surface area contributed by atoms with Gasteiger partial charge >= 0.3 is 0 Å². The molecule has 3 aliphatic rings. The predicted molar refractivity (Wildman–Crippen MR) is 118 cm³/mol. The van der Waals surface area contributed by atoms with E-state index in [1.165, 1.54) is 48.4 Å². The van der Waals surface area contributed by atoms with E-state index in [1.807, 2.05) is 0 Å². The van der Waals surface area contributed by atoms with Crippen LogP contribution in [-0.2, 0) is 0 Å². The van der Waals surface area contributed by atoms with E-state index in [2.05, 4.69) is 78.0 Å². The molecule has 0 unspecified atom stereocenters. The Morgan fingerprint density at radius 2 is 1.77 bits per heavy atom. The van der Waals surface area contributed by atoms with Crippen molar-refractivity contribution in [3.8, 4) is 11.4 Å². The zero-order valence-electron chi connectivity index (χ0n) is 17.8. The molecule has 1 saturated heterocycles. The van der Waals surface area contributed by atoms with Gasteiger partial charge in [0.15, 0.2) is 0 Å².